The molecule has 0 bridgehead atoms. The number of nitrogens with one attached hydrogen (secondary N) is 1. The van der Waals surface area contributed by atoms with Gasteiger partial charge in [-0.1, -0.05) is 48.0 Å². The molecule has 1 spiro atoms. The van der Waals surface area contributed by atoms with Crippen LogP contribution in [0.25, 0.3) is 0 Å². The van der Waals surface area contributed by atoms with Crippen molar-refractivity contribution in [2.45, 2.75) is 12.5 Å². The third-order valence-corrected chi connectivity index (χ3v) is 8.35. The van der Waals surface area contributed by atoms with Gasteiger partial charge >= 0.3 is 5.97 Å². The Morgan fingerprint density at radius 2 is 1.50 bits per heavy atom. The van der Waals surface area contributed by atoms with Crippen LogP contribution in [0.4, 0.5) is 22.7 Å². The van der Waals surface area contributed by atoms with Crippen molar-refractivity contribution in [3.63, 3.8) is 0 Å². The number of benzene rings is 5. The molecule has 5 aromatic carbocycles. The number of anilines is 4. The van der Waals surface area contributed by atoms with Crippen molar-refractivity contribution < 1.29 is 14.3 Å². The molecular weight excluding hydrogens is 564 g/mol. The first kappa shape index (κ1) is 24.5. The Kier molecular flexibility index (Phi) is 5.68. The van der Waals surface area contributed by atoms with E-state index < -0.39 is 5.60 Å². The first-order valence-corrected chi connectivity index (χ1v) is 13.8. The summed E-state index contributed by atoms with van der Waals surface area (Å²) in [6.07, 6.45) is 0. The minimum atomic E-state index is -1.14. The maximum Gasteiger partial charge on any atom is 0.340 e. The molecule has 7 rings (SSSR count). The lowest BCUT2D eigenvalue weighted by molar-refractivity contribution is 0.0224. The molecule has 5 aromatic rings. The first-order chi connectivity index (χ1) is 19.4. The molecule has 0 saturated carbocycles. The number of hydrogen-bond donors (Lipinski definition) is 1. The van der Waals surface area contributed by atoms with Crippen LogP contribution in [0.2, 0.25) is 0 Å². The van der Waals surface area contributed by atoms with Gasteiger partial charge in [-0.15, -0.1) is 0 Å². The summed E-state index contributed by atoms with van der Waals surface area (Å²) in [5.41, 5.74) is 6.82. The lowest BCUT2D eigenvalue weighted by Gasteiger charge is -2.37. The van der Waals surface area contributed by atoms with Crippen LogP contribution in [0.5, 0.6) is 11.5 Å². The van der Waals surface area contributed by atoms with Gasteiger partial charge in [-0.25, -0.2) is 4.79 Å². The summed E-state index contributed by atoms with van der Waals surface area (Å²) in [6, 6.07) is 35.9. The molecule has 0 fully saturated rings. The van der Waals surface area contributed by atoms with Crippen molar-refractivity contribution >= 4 is 44.6 Å². The molecule has 2 aliphatic heterocycles. The van der Waals surface area contributed by atoms with Crippen LogP contribution in [-0.4, -0.2) is 13.0 Å². The van der Waals surface area contributed by atoms with E-state index in [1.807, 2.05) is 92.0 Å². The van der Waals surface area contributed by atoms with Crippen LogP contribution >= 0.6 is 15.9 Å². The quantitative estimate of drug-likeness (QED) is 0.212. The van der Waals surface area contributed by atoms with Crippen molar-refractivity contribution in [2.75, 3.05) is 17.3 Å². The highest BCUT2D eigenvalue weighted by Gasteiger charge is 2.53. The van der Waals surface area contributed by atoms with E-state index in [0.29, 0.717) is 17.1 Å². The van der Waals surface area contributed by atoms with E-state index in [4.69, 9.17) is 9.47 Å². The number of aryl methyl sites for hydroxylation is 1. The highest BCUT2D eigenvalue weighted by Crippen LogP contribution is 2.57. The number of nitrogens with zero attached hydrogens (tertiary/aromatic N) is 1. The zero-order chi connectivity index (χ0) is 27.4. The summed E-state index contributed by atoms with van der Waals surface area (Å²) >= 11 is 3.62. The van der Waals surface area contributed by atoms with E-state index in [1.165, 1.54) is 5.56 Å². The second-order valence-corrected chi connectivity index (χ2v) is 11.0. The molecule has 6 heteroatoms. The number of esters is 1. The van der Waals surface area contributed by atoms with Crippen LogP contribution in [0, 0.1) is 6.92 Å². The van der Waals surface area contributed by atoms with Gasteiger partial charge in [-0.2, -0.15) is 0 Å². The van der Waals surface area contributed by atoms with Gasteiger partial charge in [0.1, 0.15) is 11.5 Å². The van der Waals surface area contributed by atoms with E-state index in [-0.39, 0.29) is 5.97 Å². The van der Waals surface area contributed by atoms with Gasteiger partial charge in [0.15, 0.2) is 5.60 Å². The number of hydrogen-bond acceptors (Lipinski definition) is 5. The predicted octanol–water partition coefficient (Wildman–Crippen LogP) is 8.84. The first-order valence-electron chi connectivity index (χ1n) is 13.1. The monoisotopic (exact) mass is 588 g/mol. The van der Waals surface area contributed by atoms with Gasteiger partial charge in [0.05, 0.1) is 11.3 Å². The molecule has 1 atom stereocenters. The molecule has 2 heterocycles. The van der Waals surface area contributed by atoms with Crippen LogP contribution in [0.1, 0.15) is 32.6 Å². The Morgan fingerprint density at radius 3 is 2.33 bits per heavy atom. The topological polar surface area (TPSA) is 50.8 Å². The fourth-order valence-corrected chi connectivity index (χ4v) is 5.97. The standard InChI is InChI=1S/C34H25BrN2O3/c1-21-11-14-23(15-12-21)37(2)24-16-17-27-32(20-24)39-31-18-13-22(36-30-10-6-5-9-29(30)35)19-28(31)34(27)26-8-4-3-7-25(26)33(38)40-34/h3-20,36H,1-2H3. The van der Waals surface area contributed by atoms with Gasteiger partial charge in [0.2, 0.25) is 0 Å². The van der Waals surface area contributed by atoms with E-state index in [1.54, 1.807) is 0 Å². The Labute approximate surface area is 241 Å². The third-order valence-electron chi connectivity index (χ3n) is 7.66. The number of carbonyl (C=O) groups excluding carboxylic acids is 1. The van der Waals surface area contributed by atoms with Crippen molar-refractivity contribution in [1.29, 1.82) is 0 Å². The molecule has 0 radical (unpaired) electrons. The van der Waals surface area contributed by atoms with Gasteiger partial charge in [0.25, 0.3) is 0 Å². The molecule has 1 N–H and O–H groups in total. The van der Waals surface area contributed by atoms with Crippen molar-refractivity contribution in [3.05, 3.63) is 141 Å². The molecule has 0 amide bonds. The summed E-state index contributed by atoms with van der Waals surface area (Å²) in [5.74, 6) is 0.948. The van der Waals surface area contributed by atoms with E-state index in [9.17, 15) is 4.79 Å². The molecular formula is C34H25BrN2O3. The minimum Gasteiger partial charge on any atom is -0.456 e. The molecule has 2 aliphatic rings. The molecule has 0 aliphatic carbocycles. The minimum absolute atomic E-state index is 0.348. The average Bonchev–Trinajstić information content (AvgIpc) is 3.27. The zero-order valence-corrected chi connectivity index (χ0v) is 23.5. The van der Waals surface area contributed by atoms with Gasteiger partial charge < -0.3 is 19.7 Å². The number of fused-ring (bicyclic) bond motifs is 6. The zero-order valence-electron chi connectivity index (χ0n) is 21.9. The number of para-hydroxylation sites is 1. The highest BCUT2D eigenvalue weighted by molar-refractivity contribution is 9.10. The van der Waals surface area contributed by atoms with E-state index >= 15 is 0 Å². The fourth-order valence-electron chi connectivity index (χ4n) is 5.58. The van der Waals surface area contributed by atoms with Gasteiger partial charge in [0, 0.05) is 51.3 Å². The maximum atomic E-state index is 13.3. The Balaban J connectivity index is 1.38. The normalized spacial score (nSPS) is 16.4. The third kappa shape index (κ3) is 3.79. The molecule has 196 valence electrons. The fraction of sp³-hybridized carbons (Fsp3) is 0.0882. The average molecular weight is 589 g/mol. The van der Waals surface area contributed by atoms with Gasteiger partial charge in [-0.3, -0.25) is 0 Å². The second-order valence-electron chi connectivity index (χ2n) is 10.1. The van der Waals surface area contributed by atoms with Crippen LogP contribution in [0.3, 0.4) is 0 Å². The Bertz CT molecular complexity index is 1800. The molecule has 5 nitrogen and oxygen atoms in total. The smallest absolute Gasteiger partial charge is 0.340 e. The van der Waals surface area contributed by atoms with Crippen molar-refractivity contribution in [1.82, 2.24) is 0 Å². The molecule has 0 aromatic heterocycles. The van der Waals surface area contributed by atoms with Crippen molar-refractivity contribution in [3.8, 4) is 11.5 Å². The molecule has 0 saturated heterocycles. The summed E-state index contributed by atoms with van der Waals surface area (Å²) in [6.45, 7) is 2.08. The van der Waals surface area contributed by atoms with E-state index in [0.717, 1.165) is 43.9 Å². The molecule has 1 unspecified atom stereocenters. The predicted molar refractivity (Wildman–Crippen MR) is 161 cm³/mol. The second kappa shape index (κ2) is 9.28. The highest BCUT2D eigenvalue weighted by atomic mass is 79.9. The maximum absolute atomic E-state index is 13.3. The summed E-state index contributed by atoms with van der Waals surface area (Å²) in [7, 11) is 2.03. The summed E-state index contributed by atoms with van der Waals surface area (Å²) < 4.78 is 13.9. The van der Waals surface area contributed by atoms with Crippen LogP contribution in [0.15, 0.2) is 114 Å². The molecule has 40 heavy (non-hydrogen) atoms. The number of halogens is 1. The number of carbonyl (C=O) groups is 1. The largest absolute Gasteiger partial charge is 0.456 e. The number of rotatable bonds is 4. The summed E-state index contributed by atoms with van der Waals surface area (Å²) in [5, 5.41) is 3.48. The van der Waals surface area contributed by atoms with E-state index in [2.05, 4.69) is 57.3 Å². The number of ether oxygens (including phenoxy) is 2. The lowest BCUT2D eigenvalue weighted by Crippen LogP contribution is -2.33. The Hall–Kier alpha value is -4.55. The Morgan fingerprint density at radius 1 is 0.750 bits per heavy atom. The lowest BCUT2D eigenvalue weighted by atomic mass is 9.77. The SMILES string of the molecule is Cc1ccc(N(C)c2ccc3c(c2)Oc2ccc(Nc4ccccc4Br)cc2C32OC(=O)c3ccccc32)cc1. The summed E-state index contributed by atoms with van der Waals surface area (Å²) in [4.78, 5) is 15.4. The van der Waals surface area contributed by atoms with Crippen molar-refractivity contribution in [2.24, 2.45) is 0 Å². The van der Waals surface area contributed by atoms with Crippen LogP contribution in [-0.2, 0) is 10.3 Å². The van der Waals surface area contributed by atoms with Gasteiger partial charge in [-0.05, 0) is 83.5 Å². The van der Waals surface area contributed by atoms with Crippen LogP contribution < -0.4 is 15.0 Å².